The van der Waals surface area contributed by atoms with Crippen molar-refractivity contribution >= 4 is 0 Å². The standard InChI is InChI=1S/C15H30N2O/c1-3-15-6-7-17(11-13(2)10-16-15)8-9-18-12-14-4-5-14/h13-16H,3-12H2,1-2H3. The monoisotopic (exact) mass is 254 g/mol. The maximum atomic E-state index is 5.76. The van der Waals surface area contributed by atoms with Gasteiger partial charge in [0.15, 0.2) is 0 Å². The summed E-state index contributed by atoms with van der Waals surface area (Å²) in [4.78, 5) is 2.60. The summed E-state index contributed by atoms with van der Waals surface area (Å²) in [5.74, 6) is 1.65. The zero-order valence-corrected chi connectivity index (χ0v) is 12.2. The van der Waals surface area contributed by atoms with Gasteiger partial charge < -0.3 is 15.0 Å². The van der Waals surface area contributed by atoms with Crippen LogP contribution in [0.1, 0.15) is 39.5 Å². The molecule has 0 radical (unpaired) electrons. The summed E-state index contributed by atoms with van der Waals surface area (Å²) < 4.78 is 5.76. The van der Waals surface area contributed by atoms with Gasteiger partial charge in [0.1, 0.15) is 0 Å². The molecule has 2 rings (SSSR count). The Morgan fingerprint density at radius 3 is 2.83 bits per heavy atom. The molecule has 1 saturated carbocycles. The molecular formula is C15H30N2O. The zero-order chi connectivity index (χ0) is 12.8. The third-order valence-corrected chi connectivity index (χ3v) is 4.21. The Labute approximate surface area is 112 Å². The highest BCUT2D eigenvalue weighted by molar-refractivity contribution is 4.76. The van der Waals surface area contributed by atoms with Crippen LogP contribution in [0.3, 0.4) is 0 Å². The second kappa shape index (κ2) is 7.46. The third-order valence-electron chi connectivity index (χ3n) is 4.21. The summed E-state index contributed by atoms with van der Waals surface area (Å²) in [6.45, 7) is 11.3. The molecule has 3 nitrogen and oxygen atoms in total. The Bertz CT molecular complexity index is 231. The van der Waals surface area contributed by atoms with Crippen LogP contribution in [0.5, 0.6) is 0 Å². The second-order valence-corrected chi connectivity index (χ2v) is 6.23. The topological polar surface area (TPSA) is 24.5 Å². The lowest BCUT2D eigenvalue weighted by Crippen LogP contribution is -2.44. The van der Waals surface area contributed by atoms with Crippen LogP contribution in [-0.4, -0.2) is 50.3 Å². The summed E-state index contributed by atoms with van der Waals surface area (Å²) in [7, 11) is 0. The Morgan fingerprint density at radius 2 is 2.11 bits per heavy atom. The smallest absolute Gasteiger partial charge is 0.0593 e. The van der Waals surface area contributed by atoms with Crippen molar-refractivity contribution in [2.24, 2.45) is 11.8 Å². The first kappa shape index (κ1) is 14.3. The molecule has 1 aliphatic carbocycles. The van der Waals surface area contributed by atoms with Crippen molar-refractivity contribution in [2.75, 3.05) is 39.4 Å². The number of nitrogens with one attached hydrogen (secondary N) is 1. The van der Waals surface area contributed by atoms with Crippen LogP contribution in [0.15, 0.2) is 0 Å². The average Bonchev–Trinajstić information content (AvgIpc) is 3.15. The molecule has 0 bridgehead atoms. The fourth-order valence-corrected chi connectivity index (χ4v) is 2.68. The lowest BCUT2D eigenvalue weighted by atomic mass is 10.0. The summed E-state index contributed by atoms with van der Waals surface area (Å²) >= 11 is 0. The normalized spacial score (nSPS) is 31.0. The molecule has 2 atom stereocenters. The van der Waals surface area contributed by atoms with Crippen molar-refractivity contribution in [1.82, 2.24) is 10.2 Å². The Balaban J connectivity index is 1.64. The van der Waals surface area contributed by atoms with Gasteiger partial charge in [-0.15, -0.1) is 0 Å². The summed E-state index contributed by atoms with van der Waals surface area (Å²) in [5, 5.41) is 3.67. The van der Waals surface area contributed by atoms with Crippen molar-refractivity contribution in [3.8, 4) is 0 Å². The molecule has 1 N–H and O–H groups in total. The van der Waals surface area contributed by atoms with E-state index >= 15 is 0 Å². The van der Waals surface area contributed by atoms with Crippen LogP contribution in [-0.2, 0) is 4.74 Å². The Morgan fingerprint density at radius 1 is 1.28 bits per heavy atom. The molecule has 18 heavy (non-hydrogen) atoms. The highest BCUT2D eigenvalue weighted by Gasteiger charge is 2.21. The number of nitrogens with zero attached hydrogens (tertiary/aromatic N) is 1. The van der Waals surface area contributed by atoms with Crippen LogP contribution in [0.25, 0.3) is 0 Å². The van der Waals surface area contributed by atoms with E-state index in [2.05, 4.69) is 24.1 Å². The number of ether oxygens (including phenoxy) is 1. The minimum atomic E-state index is 0.711. The van der Waals surface area contributed by atoms with Crippen LogP contribution in [0.2, 0.25) is 0 Å². The van der Waals surface area contributed by atoms with Gasteiger partial charge in [0.2, 0.25) is 0 Å². The first-order valence-corrected chi connectivity index (χ1v) is 7.81. The van der Waals surface area contributed by atoms with Gasteiger partial charge in [-0.1, -0.05) is 13.8 Å². The molecule has 0 aromatic carbocycles. The summed E-state index contributed by atoms with van der Waals surface area (Å²) in [6, 6.07) is 0.711. The van der Waals surface area contributed by atoms with Crippen LogP contribution < -0.4 is 5.32 Å². The van der Waals surface area contributed by atoms with E-state index in [-0.39, 0.29) is 0 Å². The van der Waals surface area contributed by atoms with Gasteiger partial charge in [-0.05, 0) is 50.6 Å². The molecule has 2 aliphatic rings. The van der Waals surface area contributed by atoms with E-state index in [9.17, 15) is 0 Å². The highest BCUT2D eigenvalue weighted by atomic mass is 16.5. The lowest BCUT2D eigenvalue weighted by molar-refractivity contribution is 0.0863. The predicted molar refractivity (Wildman–Crippen MR) is 75.8 cm³/mol. The van der Waals surface area contributed by atoms with Crippen molar-refractivity contribution in [3.63, 3.8) is 0 Å². The minimum absolute atomic E-state index is 0.711. The molecule has 2 fully saturated rings. The van der Waals surface area contributed by atoms with Gasteiger partial charge in [-0.2, -0.15) is 0 Å². The van der Waals surface area contributed by atoms with E-state index in [1.54, 1.807) is 0 Å². The van der Waals surface area contributed by atoms with Gasteiger partial charge in [-0.3, -0.25) is 0 Å². The van der Waals surface area contributed by atoms with Crippen LogP contribution in [0.4, 0.5) is 0 Å². The Kier molecular flexibility index (Phi) is 5.93. The third kappa shape index (κ3) is 5.25. The van der Waals surface area contributed by atoms with E-state index in [4.69, 9.17) is 4.74 Å². The van der Waals surface area contributed by atoms with E-state index < -0.39 is 0 Å². The Hall–Kier alpha value is -0.120. The number of rotatable bonds is 6. The predicted octanol–water partition coefficient (Wildman–Crippen LogP) is 2.12. The van der Waals surface area contributed by atoms with E-state index in [1.165, 1.54) is 38.8 Å². The maximum absolute atomic E-state index is 5.76. The number of hydrogen-bond acceptors (Lipinski definition) is 3. The SMILES string of the molecule is CCC1CCN(CCOCC2CC2)CC(C)CN1. The fourth-order valence-electron chi connectivity index (χ4n) is 2.68. The van der Waals surface area contributed by atoms with Crippen molar-refractivity contribution in [2.45, 2.75) is 45.6 Å². The first-order chi connectivity index (χ1) is 8.78. The van der Waals surface area contributed by atoms with E-state index in [0.717, 1.165) is 38.1 Å². The maximum Gasteiger partial charge on any atom is 0.0593 e. The highest BCUT2D eigenvalue weighted by Crippen LogP contribution is 2.28. The molecule has 2 unspecified atom stereocenters. The number of hydrogen-bond donors (Lipinski definition) is 1. The van der Waals surface area contributed by atoms with Crippen LogP contribution >= 0.6 is 0 Å². The molecule has 0 aromatic heterocycles. The molecule has 3 heteroatoms. The van der Waals surface area contributed by atoms with E-state index in [1.807, 2.05) is 0 Å². The van der Waals surface area contributed by atoms with Crippen molar-refractivity contribution in [3.05, 3.63) is 0 Å². The summed E-state index contributed by atoms with van der Waals surface area (Å²) in [5.41, 5.74) is 0. The molecule has 0 aromatic rings. The van der Waals surface area contributed by atoms with Crippen molar-refractivity contribution in [1.29, 1.82) is 0 Å². The molecule has 1 saturated heterocycles. The zero-order valence-electron chi connectivity index (χ0n) is 12.2. The molecule has 1 aliphatic heterocycles. The van der Waals surface area contributed by atoms with Gasteiger partial charge in [0.05, 0.1) is 6.61 Å². The van der Waals surface area contributed by atoms with Gasteiger partial charge in [-0.25, -0.2) is 0 Å². The molecule has 106 valence electrons. The van der Waals surface area contributed by atoms with Gasteiger partial charge in [0, 0.05) is 25.7 Å². The quantitative estimate of drug-likeness (QED) is 0.735. The lowest BCUT2D eigenvalue weighted by Gasteiger charge is -2.32. The van der Waals surface area contributed by atoms with Crippen molar-refractivity contribution < 1.29 is 4.74 Å². The molecule has 1 heterocycles. The van der Waals surface area contributed by atoms with E-state index in [0.29, 0.717) is 6.04 Å². The first-order valence-electron chi connectivity index (χ1n) is 7.81. The van der Waals surface area contributed by atoms with Crippen LogP contribution in [0, 0.1) is 11.8 Å². The second-order valence-electron chi connectivity index (χ2n) is 6.23. The molecule has 0 spiro atoms. The largest absolute Gasteiger partial charge is 0.380 e. The molecular weight excluding hydrogens is 224 g/mol. The summed E-state index contributed by atoms with van der Waals surface area (Å²) in [6.07, 6.45) is 5.32. The van der Waals surface area contributed by atoms with Gasteiger partial charge in [0.25, 0.3) is 0 Å². The average molecular weight is 254 g/mol. The fraction of sp³-hybridized carbons (Fsp3) is 1.00. The van der Waals surface area contributed by atoms with Gasteiger partial charge >= 0.3 is 0 Å². The molecule has 0 amide bonds. The minimum Gasteiger partial charge on any atom is -0.380 e.